The predicted molar refractivity (Wildman–Crippen MR) is 134 cm³/mol. The summed E-state index contributed by atoms with van der Waals surface area (Å²) in [7, 11) is 5.77. The van der Waals surface area contributed by atoms with E-state index in [0.717, 1.165) is 54.0 Å². The minimum Gasteiger partial charge on any atom is -0.497 e. The lowest BCUT2D eigenvalue weighted by Gasteiger charge is -2.19. The van der Waals surface area contributed by atoms with E-state index in [1.807, 2.05) is 36.7 Å². The minimum atomic E-state index is 0.546. The Kier molecular flexibility index (Phi) is 8.69. The monoisotopic (exact) mass is 449 g/mol. The molecule has 0 fully saturated rings. The molecule has 0 atom stereocenters. The fourth-order valence-electron chi connectivity index (χ4n) is 3.48. The van der Waals surface area contributed by atoms with Crippen LogP contribution in [0.5, 0.6) is 5.75 Å². The number of methoxy groups -OCH3 is 1. The van der Waals surface area contributed by atoms with E-state index in [0.29, 0.717) is 13.1 Å². The summed E-state index contributed by atoms with van der Waals surface area (Å²) in [6, 6.07) is 16.6. The normalized spacial score (nSPS) is 11.4. The van der Waals surface area contributed by atoms with Crippen LogP contribution in [0.4, 0.5) is 5.69 Å². The third-order valence-corrected chi connectivity index (χ3v) is 5.52. The van der Waals surface area contributed by atoms with E-state index in [9.17, 15) is 0 Å². The van der Waals surface area contributed by atoms with Crippen LogP contribution in [-0.2, 0) is 20.1 Å². The molecule has 0 aliphatic rings. The molecular formula is C25H35N7O. The van der Waals surface area contributed by atoms with E-state index in [2.05, 4.69) is 70.0 Å². The molecule has 0 unspecified atom stereocenters. The van der Waals surface area contributed by atoms with Gasteiger partial charge in [-0.1, -0.05) is 24.3 Å². The fourth-order valence-corrected chi connectivity index (χ4v) is 3.48. The number of benzene rings is 2. The highest BCUT2D eigenvalue weighted by Gasteiger charge is 2.07. The quantitative estimate of drug-likeness (QED) is 0.281. The average molecular weight is 450 g/mol. The summed E-state index contributed by atoms with van der Waals surface area (Å²) in [5, 5.41) is 15.2. The highest BCUT2D eigenvalue weighted by Crippen LogP contribution is 2.17. The van der Waals surface area contributed by atoms with Crippen molar-refractivity contribution < 1.29 is 4.74 Å². The van der Waals surface area contributed by atoms with Gasteiger partial charge >= 0.3 is 0 Å². The summed E-state index contributed by atoms with van der Waals surface area (Å²) in [4.78, 5) is 7.06. The van der Waals surface area contributed by atoms with Crippen LogP contribution in [0, 0.1) is 13.8 Å². The smallest absolute Gasteiger partial charge is 0.191 e. The minimum absolute atomic E-state index is 0.546. The standard InChI is InChI=1S/C25H35N7O/c1-19-14-21(16-23(15-19)33-5)17-27-25(28-18-24-30-29-20(2)32(24)4)26-12-9-13-31(3)22-10-7-6-8-11-22/h6-8,10-11,14-16H,9,12-13,17-18H2,1-5H3,(H2,26,27,28). The van der Waals surface area contributed by atoms with Crippen molar-refractivity contribution in [1.29, 1.82) is 0 Å². The second-order valence-electron chi connectivity index (χ2n) is 8.14. The molecule has 0 amide bonds. The van der Waals surface area contributed by atoms with Crippen molar-refractivity contribution >= 4 is 11.6 Å². The molecule has 0 saturated carbocycles. The van der Waals surface area contributed by atoms with Gasteiger partial charge in [-0.15, -0.1) is 10.2 Å². The number of anilines is 1. The van der Waals surface area contributed by atoms with Crippen molar-refractivity contribution in [3.63, 3.8) is 0 Å². The van der Waals surface area contributed by atoms with Gasteiger partial charge in [0.2, 0.25) is 0 Å². The Labute approximate surface area is 196 Å². The first-order valence-corrected chi connectivity index (χ1v) is 11.2. The highest BCUT2D eigenvalue weighted by molar-refractivity contribution is 5.79. The Morgan fingerprint density at radius 2 is 1.88 bits per heavy atom. The van der Waals surface area contributed by atoms with E-state index in [4.69, 9.17) is 9.73 Å². The van der Waals surface area contributed by atoms with Crippen molar-refractivity contribution in [1.82, 2.24) is 25.4 Å². The summed E-state index contributed by atoms with van der Waals surface area (Å²) in [6.45, 7) is 6.85. The fraction of sp³-hybridized carbons (Fsp3) is 0.400. The number of ether oxygens (including phenoxy) is 1. The molecule has 1 aromatic heterocycles. The van der Waals surface area contributed by atoms with Crippen LogP contribution >= 0.6 is 0 Å². The van der Waals surface area contributed by atoms with Crippen LogP contribution in [0.15, 0.2) is 53.5 Å². The van der Waals surface area contributed by atoms with Gasteiger partial charge < -0.3 is 24.8 Å². The molecule has 0 radical (unpaired) electrons. The van der Waals surface area contributed by atoms with Gasteiger partial charge in [-0.3, -0.25) is 0 Å². The molecule has 2 N–H and O–H groups in total. The maximum atomic E-state index is 5.40. The molecule has 0 saturated heterocycles. The Morgan fingerprint density at radius 1 is 1.09 bits per heavy atom. The number of aliphatic imine (C=N–C) groups is 1. The van der Waals surface area contributed by atoms with Gasteiger partial charge in [0.1, 0.15) is 11.6 Å². The van der Waals surface area contributed by atoms with E-state index >= 15 is 0 Å². The van der Waals surface area contributed by atoms with Crippen molar-refractivity contribution in [2.45, 2.75) is 33.4 Å². The topological polar surface area (TPSA) is 79.6 Å². The second kappa shape index (κ2) is 11.9. The van der Waals surface area contributed by atoms with Crippen molar-refractivity contribution in [2.75, 3.05) is 32.1 Å². The number of para-hydroxylation sites is 1. The number of hydrogen-bond donors (Lipinski definition) is 2. The molecule has 3 rings (SSSR count). The largest absolute Gasteiger partial charge is 0.497 e. The van der Waals surface area contributed by atoms with Gasteiger partial charge in [0, 0.05) is 32.9 Å². The molecular weight excluding hydrogens is 414 g/mol. The van der Waals surface area contributed by atoms with Gasteiger partial charge in [0.15, 0.2) is 11.8 Å². The lowest BCUT2D eigenvalue weighted by atomic mass is 10.1. The van der Waals surface area contributed by atoms with Gasteiger partial charge in [-0.2, -0.15) is 0 Å². The molecule has 0 aliphatic heterocycles. The third-order valence-electron chi connectivity index (χ3n) is 5.52. The Bertz CT molecular complexity index is 1050. The molecule has 0 aliphatic carbocycles. The first-order valence-electron chi connectivity index (χ1n) is 11.2. The number of nitrogens with zero attached hydrogens (tertiary/aromatic N) is 5. The van der Waals surface area contributed by atoms with E-state index in [-0.39, 0.29) is 0 Å². The molecule has 8 nitrogen and oxygen atoms in total. The van der Waals surface area contributed by atoms with E-state index in [1.54, 1.807) is 7.11 Å². The van der Waals surface area contributed by atoms with Gasteiger partial charge in [0.05, 0.1) is 20.2 Å². The van der Waals surface area contributed by atoms with Crippen molar-refractivity contribution in [3.05, 3.63) is 71.3 Å². The lowest BCUT2D eigenvalue weighted by molar-refractivity contribution is 0.414. The summed E-state index contributed by atoms with van der Waals surface area (Å²) >= 11 is 0. The molecule has 0 bridgehead atoms. The van der Waals surface area contributed by atoms with Crippen LogP contribution < -0.4 is 20.3 Å². The number of nitrogens with one attached hydrogen (secondary N) is 2. The first kappa shape index (κ1) is 24.1. The number of rotatable bonds is 10. The second-order valence-corrected chi connectivity index (χ2v) is 8.14. The first-order chi connectivity index (χ1) is 16.0. The van der Waals surface area contributed by atoms with E-state index in [1.165, 1.54) is 5.69 Å². The lowest BCUT2D eigenvalue weighted by Crippen LogP contribution is -2.39. The average Bonchev–Trinajstić information content (AvgIpc) is 3.15. The van der Waals surface area contributed by atoms with Gasteiger partial charge in [-0.05, 0) is 55.7 Å². The predicted octanol–water partition coefficient (Wildman–Crippen LogP) is 3.20. The molecule has 3 aromatic rings. The summed E-state index contributed by atoms with van der Waals surface area (Å²) < 4.78 is 7.38. The molecule has 0 spiro atoms. The SMILES string of the molecule is COc1cc(C)cc(CN=C(NCCCN(C)c2ccccc2)NCc2nnc(C)n2C)c1. The Morgan fingerprint density at radius 3 is 2.58 bits per heavy atom. The summed E-state index contributed by atoms with van der Waals surface area (Å²) in [6.07, 6.45) is 0.980. The van der Waals surface area contributed by atoms with Crippen LogP contribution in [0.25, 0.3) is 0 Å². The van der Waals surface area contributed by atoms with Gasteiger partial charge in [0.25, 0.3) is 0 Å². The number of aryl methyl sites for hydroxylation is 2. The van der Waals surface area contributed by atoms with Crippen LogP contribution in [0.2, 0.25) is 0 Å². The van der Waals surface area contributed by atoms with Crippen molar-refractivity contribution in [3.8, 4) is 5.75 Å². The maximum Gasteiger partial charge on any atom is 0.191 e. The number of guanidine groups is 1. The zero-order valence-corrected chi connectivity index (χ0v) is 20.3. The molecule has 8 heteroatoms. The third kappa shape index (κ3) is 7.24. The van der Waals surface area contributed by atoms with Crippen LogP contribution in [-0.4, -0.2) is 48.0 Å². The summed E-state index contributed by atoms with van der Waals surface area (Å²) in [5.74, 6) is 3.34. The molecule has 176 valence electrons. The Hall–Kier alpha value is -3.55. The van der Waals surface area contributed by atoms with Crippen molar-refractivity contribution in [2.24, 2.45) is 12.0 Å². The van der Waals surface area contributed by atoms with E-state index < -0.39 is 0 Å². The van der Waals surface area contributed by atoms with Crippen LogP contribution in [0.3, 0.4) is 0 Å². The maximum absolute atomic E-state index is 5.40. The molecule has 33 heavy (non-hydrogen) atoms. The number of aromatic nitrogens is 3. The zero-order valence-electron chi connectivity index (χ0n) is 20.3. The highest BCUT2D eigenvalue weighted by atomic mass is 16.5. The number of hydrogen-bond acceptors (Lipinski definition) is 5. The Balaban J connectivity index is 1.61. The molecule has 2 aromatic carbocycles. The van der Waals surface area contributed by atoms with Gasteiger partial charge in [-0.25, -0.2) is 4.99 Å². The summed E-state index contributed by atoms with van der Waals surface area (Å²) in [5.41, 5.74) is 3.47. The zero-order chi connectivity index (χ0) is 23.6. The van der Waals surface area contributed by atoms with Crippen LogP contribution in [0.1, 0.15) is 29.2 Å². The molecule has 1 heterocycles.